The van der Waals surface area contributed by atoms with Crippen molar-refractivity contribution < 1.29 is 5.11 Å². The number of aromatic nitrogens is 1. The lowest BCUT2D eigenvalue weighted by Crippen LogP contribution is -2.11. The summed E-state index contributed by atoms with van der Waals surface area (Å²) in [7, 11) is 0. The second-order valence-corrected chi connectivity index (χ2v) is 3.36. The number of aliphatic hydroxyl groups is 1. The lowest BCUT2D eigenvalue weighted by molar-refractivity contribution is 0.162. The van der Waals surface area contributed by atoms with E-state index < -0.39 is 0 Å². The van der Waals surface area contributed by atoms with Gasteiger partial charge >= 0.3 is 0 Å². The summed E-state index contributed by atoms with van der Waals surface area (Å²) in [5, 5.41) is 9.60. The first-order chi connectivity index (χ1) is 5.88. The van der Waals surface area contributed by atoms with Crippen molar-refractivity contribution in [3.63, 3.8) is 0 Å². The van der Waals surface area contributed by atoms with Gasteiger partial charge in [0, 0.05) is 17.8 Å². The van der Waals surface area contributed by atoms with Crippen LogP contribution in [-0.2, 0) is 0 Å². The Hall–Kier alpha value is -0.890. The molecule has 1 aromatic heterocycles. The lowest BCUT2D eigenvalue weighted by atomic mass is 10.0. The molecule has 0 aliphatic heterocycles. The standard InChI is InChI=1S/C10H13NO/c12-10-6-3-4-8(10)9-5-1-2-7-11-9/h1-2,5,7-8,10,12H,3-4,6H2/t8-,10-/m0/s1. The van der Waals surface area contributed by atoms with Gasteiger partial charge in [0.2, 0.25) is 0 Å². The van der Waals surface area contributed by atoms with Gasteiger partial charge in [0.1, 0.15) is 0 Å². The molecule has 0 bridgehead atoms. The second kappa shape index (κ2) is 3.23. The minimum absolute atomic E-state index is 0.167. The third-order valence-electron chi connectivity index (χ3n) is 2.55. The lowest BCUT2D eigenvalue weighted by Gasteiger charge is -2.12. The summed E-state index contributed by atoms with van der Waals surface area (Å²) < 4.78 is 0. The molecule has 2 nitrogen and oxygen atoms in total. The summed E-state index contributed by atoms with van der Waals surface area (Å²) in [6.07, 6.45) is 4.77. The molecule has 0 saturated heterocycles. The van der Waals surface area contributed by atoms with Gasteiger partial charge in [-0.2, -0.15) is 0 Å². The van der Waals surface area contributed by atoms with Crippen molar-refractivity contribution in [2.75, 3.05) is 0 Å². The van der Waals surface area contributed by atoms with Crippen LogP contribution in [0.3, 0.4) is 0 Å². The summed E-state index contributed by atoms with van der Waals surface area (Å²) in [6.45, 7) is 0. The van der Waals surface area contributed by atoms with Crippen molar-refractivity contribution in [3.05, 3.63) is 30.1 Å². The van der Waals surface area contributed by atoms with Gasteiger partial charge < -0.3 is 5.11 Å². The smallest absolute Gasteiger partial charge is 0.0623 e. The van der Waals surface area contributed by atoms with Crippen LogP contribution in [0.4, 0.5) is 0 Å². The minimum atomic E-state index is -0.167. The zero-order chi connectivity index (χ0) is 8.39. The molecule has 1 heterocycles. The summed E-state index contributed by atoms with van der Waals surface area (Å²) in [5.41, 5.74) is 1.04. The summed E-state index contributed by atoms with van der Waals surface area (Å²) in [5.74, 6) is 0.284. The monoisotopic (exact) mass is 163 g/mol. The number of aliphatic hydroxyl groups excluding tert-OH is 1. The molecular formula is C10H13NO. The van der Waals surface area contributed by atoms with Gasteiger partial charge in [-0.1, -0.05) is 12.5 Å². The largest absolute Gasteiger partial charge is 0.392 e. The molecule has 0 aromatic carbocycles. The highest BCUT2D eigenvalue weighted by atomic mass is 16.3. The molecular weight excluding hydrogens is 150 g/mol. The van der Waals surface area contributed by atoms with E-state index in [1.54, 1.807) is 6.20 Å². The van der Waals surface area contributed by atoms with Crippen LogP contribution < -0.4 is 0 Å². The van der Waals surface area contributed by atoms with Gasteiger partial charge in [-0.05, 0) is 25.0 Å². The van der Waals surface area contributed by atoms with Crippen LogP contribution in [0.5, 0.6) is 0 Å². The zero-order valence-corrected chi connectivity index (χ0v) is 6.98. The van der Waals surface area contributed by atoms with E-state index in [9.17, 15) is 5.11 Å². The molecule has 1 N–H and O–H groups in total. The fourth-order valence-corrected chi connectivity index (χ4v) is 1.88. The molecule has 12 heavy (non-hydrogen) atoms. The van der Waals surface area contributed by atoms with E-state index >= 15 is 0 Å². The van der Waals surface area contributed by atoms with E-state index in [2.05, 4.69) is 4.98 Å². The van der Waals surface area contributed by atoms with Crippen molar-refractivity contribution in [1.29, 1.82) is 0 Å². The van der Waals surface area contributed by atoms with E-state index in [-0.39, 0.29) is 12.0 Å². The van der Waals surface area contributed by atoms with Crippen molar-refractivity contribution >= 4 is 0 Å². The molecule has 1 fully saturated rings. The molecule has 64 valence electrons. The average molecular weight is 163 g/mol. The highest BCUT2D eigenvalue weighted by molar-refractivity contribution is 5.12. The SMILES string of the molecule is O[C@H]1CCC[C@H]1c1ccccn1. The Kier molecular flexibility index (Phi) is 2.09. The van der Waals surface area contributed by atoms with Crippen molar-refractivity contribution in [2.45, 2.75) is 31.3 Å². The van der Waals surface area contributed by atoms with Gasteiger partial charge in [0.15, 0.2) is 0 Å². The Morgan fingerprint density at radius 1 is 1.33 bits per heavy atom. The third-order valence-corrected chi connectivity index (χ3v) is 2.55. The molecule has 0 amide bonds. The molecule has 1 aliphatic rings. The topological polar surface area (TPSA) is 33.1 Å². The van der Waals surface area contributed by atoms with Crippen LogP contribution in [0, 0.1) is 0 Å². The van der Waals surface area contributed by atoms with E-state index in [0.29, 0.717) is 0 Å². The number of hydrogen-bond donors (Lipinski definition) is 1. The summed E-state index contributed by atoms with van der Waals surface area (Å²) in [6, 6.07) is 5.89. The molecule has 1 saturated carbocycles. The first kappa shape index (κ1) is 7.74. The normalized spacial score (nSPS) is 29.1. The molecule has 2 heteroatoms. The summed E-state index contributed by atoms with van der Waals surface area (Å²) in [4.78, 5) is 4.25. The summed E-state index contributed by atoms with van der Waals surface area (Å²) >= 11 is 0. The zero-order valence-electron chi connectivity index (χ0n) is 6.98. The van der Waals surface area contributed by atoms with Crippen molar-refractivity contribution in [3.8, 4) is 0 Å². The van der Waals surface area contributed by atoms with Crippen LogP contribution in [-0.4, -0.2) is 16.2 Å². The molecule has 0 radical (unpaired) electrons. The number of pyridine rings is 1. The van der Waals surface area contributed by atoms with Crippen LogP contribution in [0.1, 0.15) is 30.9 Å². The number of rotatable bonds is 1. The highest BCUT2D eigenvalue weighted by Gasteiger charge is 2.27. The fraction of sp³-hybridized carbons (Fsp3) is 0.500. The van der Waals surface area contributed by atoms with E-state index in [1.807, 2.05) is 18.2 Å². The van der Waals surface area contributed by atoms with E-state index in [1.165, 1.54) is 0 Å². The Bertz CT molecular complexity index is 247. The van der Waals surface area contributed by atoms with Crippen LogP contribution in [0.2, 0.25) is 0 Å². The predicted octanol–water partition coefficient (Wildman–Crippen LogP) is 1.71. The average Bonchev–Trinajstić information content (AvgIpc) is 2.53. The fourth-order valence-electron chi connectivity index (χ4n) is 1.88. The number of nitrogens with zero attached hydrogens (tertiary/aromatic N) is 1. The first-order valence-electron chi connectivity index (χ1n) is 4.47. The van der Waals surface area contributed by atoms with Crippen LogP contribution in [0.15, 0.2) is 24.4 Å². The number of hydrogen-bond acceptors (Lipinski definition) is 2. The maximum absolute atomic E-state index is 9.60. The molecule has 0 spiro atoms. The Balaban J connectivity index is 2.19. The van der Waals surface area contributed by atoms with Gasteiger partial charge in [-0.15, -0.1) is 0 Å². The van der Waals surface area contributed by atoms with Gasteiger partial charge in [-0.3, -0.25) is 4.98 Å². The van der Waals surface area contributed by atoms with Gasteiger partial charge in [0.25, 0.3) is 0 Å². The molecule has 0 unspecified atom stereocenters. The Labute approximate surface area is 72.3 Å². The quantitative estimate of drug-likeness (QED) is 0.683. The molecule has 1 aliphatic carbocycles. The molecule has 1 aromatic rings. The second-order valence-electron chi connectivity index (χ2n) is 3.36. The van der Waals surface area contributed by atoms with E-state index in [0.717, 1.165) is 25.0 Å². The van der Waals surface area contributed by atoms with Crippen molar-refractivity contribution in [2.24, 2.45) is 0 Å². The van der Waals surface area contributed by atoms with Gasteiger partial charge in [-0.25, -0.2) is 0 Å². The maximum Gasteiger partial charge on any atom is 0.0623 e. The van der Waals surface area contributed by atoms with E-state index in [4.69, 9.17) is 0 Å². The molecule has 2 atom stereocenters. The maximum atomic E-state index is 9.60. The van der Waals surface area contributed by atoms with Gasteiger partial charge in [0.05, 0.1) is 6.10 Å². The first-order valence-corrected chi connectivity index (χ1v) is 4.47. The Morgan fingerprint density at radius 3 is 2.83 bits per heavy atom. The predicted molar refractivity (Wildman–Crippen MR) is 46.8 cm³/mol. The minimum Gasteiger partial charge on any atom is -0.392 e. The van der Waals surface area contributed by atoms with Crippen molar-refractivity contribution in [1.82, 2.24) is 4.98 Å². The van der Waals surface area contributed by atoms with Crippen LogP contribution in [0.25, 0.3) is 0 Å². The Morgan fingerprint density at radius 2 is 2.25 bits per heavy atom. The molecule has 2 rings (SSSR count). The highest BCUT2D eigenvalue weighted by Crippen LogP contribution is 2.32. The van der Waals surface area contributed by atoms with Crippen LogP contribution >= 0.6 is 0 Å². The third kappa shape index (κ3) is 1.34.